The van der Waals surface area contributed by atoms with Crippen LogP contribution in [-0.4, -0.2) is 21.6 Å². The SMILES string of the molecule is C[C@](N)(COP(=O)(O)O)c1cc(-c2ccc(OCc3ccc(-c4ccccc4)cc3)c(C(F)(F)F)c2)no1. The summed E-state index contributed by atoms with van der Waals surface area (Å²) in [5.74, 6) is -0.385. The van der Waals surface area contributed by atoms with Crippen LogP contribution >= 0.6 is 7.82 Å². The fourth-order valence-electron chi connectivity index (χ4n) is 3.59. The Bertz CT molecular complexity index is 1430. The summed E-state index contributed by atoms with van der Waals surface area (Å²) in [6.07, 6.45) is -4.71. The monoisotopic (exact) mass is 548 g/mol. The van der Waals surface area contributed by atoms with Gasteiger partial charge in [0.05, 0.1) is 17.7 Å². The molecule has 1 atom stereocenters. The summed E-state index contributed by atoms with van der Waals surface area (Å²) >= 11 is 0. The summed E-state index contributed by atoms with van der Waals surface area (Å²) in [4.78, 5) is 17.8. The van der Waals surface area contributed by atoms with Gasteiger partial charge >= 0.3 is 14.0 Å². The molecule has 4 aromatic rings. The predicted molar refractivity (Wildman–Crippen MR) is 133 cm³/mol. The van der Waals surface area contributed by atoms with E-state index in [-0.39, 0.29) is 29.4 Å². The van der Waals surface area contributed by atoms with Crippen LogP contribution in [0.25, 0.3) is 22.4 Å². The van der Waals surface area contributed by atoms with Gasteiger partial charge in [-0.2, -0.15) is 13.2 Å². The highest BCUT2D eigenvalue weighted by atomic mass is 31.2. The van der Waals surface area contributed by atoms with Crippen LogP contribution in [0.1, 0.15) is 23.8 Å². The second-order valence-corrected chi connectivity index (χ2v) is 10.1. The fraction of sp³-hybridized carbons (Fsp3) is 0.192. The van der Waals surface area contributed by atoms with Gasteiger partial charge in [-0.1, -0.05) is 59.8 Å². The molecule has 4 N–H and O–H groups in total. The van der Waals surface area contributed by atoms with Crippen LogP contribution < -0.4 is 10.5 Å². The van der Waals surface area contributed by atoms with E-state index >= 15 is 0 Å². The number of alkyl halides is 3. The van der Waals surface area contributed by atoms with Gasteiger partial charge in [0, 0.05) is 11.6 Å². The predicted octanol–water partition coefficient (Wildman–Crippen LogP) is 5.89. The first kappa shape index (κ1) is 27.6. The highest BCUT2D eigenvalue weighted by molar-refractivity contribution is 7.46. The first-order valence-electron chi connectivity index (χ1n) is 11.3. The smallest absolute Gasteiger partial charge is 0.469 e. The lowest BCUT2D eigenvalue weighted by Crippen LogP contribution is -2.37. The molecule has 0 aliphatic heterocycles. The van der Waals surface area contributed by atoms with Crippen LogP contribution in [0.15, 0.2) is 83.4 Å². The molecular weight excluding hydrogens is 524 g/mol. The summed E-state index contributed by atoms with van der Waals surface area (Å²) in [6, 6.07) is 21.8. The van der Waals surface area contributed by atoms with Crippen molar-refractivity contribution in [1.82, 2.24) is 5.16 Å². The maximum atomic E-state index is 13.9. The zero-order chi connectivity index (χ0) is 27.6. The minimum Gasteiger partial charge on any atom is -0.488 e. The van der Waals surface area contributed by atoms with Gasteiger partial charge < -0.3 is 24.8 Å². The molecule has 8 nitrogen and oxygen atoms in total. The minimum atomic E-state index is -4.79. The van der Waals surface area contributed by atoms with Gasteiger partial charge in [0.1, 0.15) is 18.1 Å². The Hall–Kier alpha value is -3.47. The van der Waals surface area contributed by atoms with Gasteiger partial charge in [-0.3, -0.25) is 4.52 Å². The Morgan fingerprint density at radius 3 is 2.21 bits per heavy atom. The van der Waals surface area contributed by atoms with Crippen molar-refractivity contribution in [3.05, 3.63) is 95.7 Å². The van der Waals surface area contributed by atoms with Crippen molar-refractivity contribution < 1.29 is 41.3 Å². The number of rotatable bonds is 9. The van der Waals surface area contributed by atoms with E-state index in [1.807, 2.05) is 42.5 Å². The van der Waals surface area contributed by atoms with E-state index in [2.05, 4.69) is 9.68 Å². The molecule has 0 aliphatic rings. The van der Waals surface area contributed by atoms with E-state index in [4.69, 9.17) is 24.8 Å². The number of benzene rings is 3. The zero-order valence-corrected chi connectivity index (χ0v) is 20.9. The molecule has 0 fully saturated rings. The quantitative estimate of drug-likeness (QED) is 0.221. The average Bonchev–Trinajstić information content (AvgIpc) is 3.38. The van der Waals surface area contributed by atoms with Crippen molar-refractivity contribution in [3.63, 3.8) is 0 Å². The van der Waals surface area contributed by atoms with Crippen molar-refractivity contribution in [2.75, 3.05) is 6.61 Å². The largest absolute Gasteiger partial charge is 0.488 e. The molecule has 200 valence electrons. The van der Waals surface area contributed by atoms with Crippen molar-refractivity contribution in [2.45, 2.75) is 25.2 Å². The summed E-state index contributed by atoms with van der Waals surface area (Å²) in [7, 11) is -4.79. The van der Waals surface area contributed by atoms with Crippen LogP contribution in [0.4, 0.5) is 13.2 Å². The van der Waals surface area contributed by atoms with Crippen molar-refractivity contribution >= 4 is 7.82 Å². The Balaban J connectivity index is 1.52. The molecule has 0 aliphatic carbocycles. The van der Waals surface area contributed by atoms with E-state index in [1.54, 1.807) is 12.1 Å². The van der Waals surface area contributed by atoms with Gasteiger partial charge in [-0.25, -0.2) is 4.57 Å². The second-order valence-electron chi connectivity index (χ2n) is 8.82. The Morgan fingerprint density at radius 2 is 1.58 bits per heavy atom. The molecule has 12 heteroatoms. The third-order valence-electron chi connectivity index (χ3n) is 5.64. The molecule has 0 bridgehead atoms. The van der Waals surface area contributed by atoms with E-state index in [0.29, 0.717) is 5.56 Å². The Morgan fingerprint density at radius 1 is 0.947 bits per heavy atom. The highest BCUT2D eigenvalue weighted by Crippen LogP contribution is 2.40. The molecule has 1 heterocycles. The summed E-state index contributed by atoms with van der Waals surface area (Å²) in [5.41, 5.74) is 6.31. The molecule has 0 spiro atoms. The first-order valence-corrected chi connectivity index (χ1v) is 12.8. The first-order chi connectivity index (χ1) is 17.8. The molecule has 3 aromatic carbocycles. The lowest BCUT2D eigenvalue weighted by Gasteiger charge is -2.20. The second kappa shape index (κ2) is 10.7. The lowest BCUT2D eigenvalue weighted by molar-refractivity contribution is -0.139. The zero-order valence-electron chi connectivity index (χ0n) is 20.1. The number of halogens is 3. The van der Waals surface area contributed by atoms with Crippen LogP contribution in [0, 0.1) is 0 Å². The van der Waals surface area contributed by atoms with Gasteiger partial charge in [0.2, 0.25) is 0 Å². The van der Waals surface area contributed by atoms with E-state index < -0.39 is 31.7 Å². The van der Waals surface area contributed by atoms with Crippen LogP contribution in [0.2, 0.25) is 0 Å². The molecular formula is C26H24F3N2O6P. The summed E-state index contributed by atoms with van der Waals surface area (Å²) < 4.78 is 67.7. The third-order valence-corrected chi connectivity index (χ3v) is 6.11. The number of nitrogens with two attached hydrogens (primary N) is 1. The maximum absolute atomic E-state index is 13.9. The molecule has 0 saturated heterocycles. The van der Waals surface area contributed by atoms with E-state index in [1.165, 1.54) is 25.1 Å². The maximum Gasteiger partial charge on any atom is 0.469 e. The number of phosphoric ester groups is 1. The minimum absolute atomic E-state index is 0.0335. The topological polar surface area (TPSA) is 128 Å². The summed E-state index contributed by atoms with van der Waals surface area (Å²) in [5, 5.41) is 3.76. The molecule has 0 radical (unpaired) electrons. The molecule has 0 amide bonds. The standard InChI is InChI=1S/C26H24F3N2O6P/c1-25(30,16-36-38(32,33)34)24-14-22(31-37-24)20-11-12-23(21(13-20)26(27,28)29)35-15-17-7-9-19(10-8-17)18-5-3-2-4-6-18/h2-14H,15-16,30H2,1H3,(H2,32,33,34)/t25-/m0/s1. The Kier molecular flexibility index (Phi) is 7.78. The number of hydrogen-bond acceptors (Lipinski definition) is 6. The van der Waals surface area contributed by atoms with E-state index in [0.717, 1.165) is 17.2 Å². The van der Waals surface area contributed by atoms with Gasteiger partial charge in [-0.15, -0.1) is 0 Å². The van der Waals surface area contributed by atoms with Crippen molar-refractivity contribution in [3.8, 4) is 28.1 Å². The lowest BCUT2D eigenvalue weighted by atomic mass is 10.00. The molecule has 1 aromatic heterocycles. The normalized spacial score (nSPS) is 13.8. The van der Waals surface area contributed by atoms with Crippen molar-refractivity contribution in [1.29, 1.82) is 0 Å². The average molecular weight is 548 g/mol. The number of aromatic nitrogens is 1. The number of phosphoric acid groups is 1. The molecule has 38 heavy (non-hydrogen) atoms. The van der Waals surface area contributed by atoms with Crippen LogP contribution in [-0.2, 0) is 27.4 Å². The molecule has 0 saturated carbocycles. The summed E-state index contributed by atoms with van der Waals surface area (Å²) in [6.45, 7) is 0.687. The van der Waals surface area contributed by atoms with Crippen molar-refractivity contribution in [2.24, 2.45) is 5.73 Å². The number of nitrogens with zero attached hydrogens (tertiary/aromatic N) is 1. The number of hydrogen-bond donors (Lipinski definition) is 3. The highest BCUT2D eigenvalue weighted by Gasteiger charge is 2.36. The number of ether oxygens (including phenoxy) is 1. The van der Waals surface area contributed by atoms with Crippen LogP contribution in [0.3, 0.4) is 0 Å². The van der Waals surface area contributed by atoms with Gasteiger partial charge in [0.25, 0.3) is 0 Å². The third kappa shape index (κ3) is 6.89. The Labute approximate surface area is 216 Å². The van der Waals surface area contributed by atoms with Gasteiger partial charge in [0.15, 0.2) is 5.76 Å². The molecule has 4 rings (SSSR count). The fourth-order valence-corrected chi connectivity index (χ4v) is 4.03. The van der Waals surface area contributed by atoms with Gasteiger partial charge in [-0.05, 0) is 41.8 Å². The van der Waals surface area contributed by atoms with E-state index in [9.17, 15) is 17.7 Å². The molecule has 0 unspecified atom stereocenters. The van der Waals surface area contributed by atoms with Crippen LogP contribution in [0.5, 0.6) is 5.75 Å².